The number of carboxylic acids is 1. The molecule has 1 aromatic carbocycles. The Morgan fingerprint density at radius 2 is 1.89 bits per heavy atom. The van der Waals surface area contributed by atoms with E-state index in [1.807, 2.05) is 0 Å². The van der Waals surface area contributed by atoms with Crippen molar-refractivity contribution >= 4 is 22.8 Å². The zero-order chi connectivity index (χ0) is 14.6. The van der Waals surface area contributed by atoms with Crippen LogP contribution in [0.15, 0.2) is 24.4 Å². The van der Waals surface area contributed by atoms with Gasteiger partial charge in [-0.05, 0) is 18.2 Å². The molecule has 19 heavy (non-hydrogen) atoms. The van der Waals surface area contributed by atoms with Gasteiger partial charge in [0.05, 0.1) is 11.7 Å². The van der Waals surface area contributed by atoms with E-state index in [0.29, 0.717) is 5.56 Å². The van der Waals surface area contributed by atoms with Crippen LogP contribution in [0.25, 0.3) is 10.9 Å². The third-order valence-electron chi connectivity index (χ3n) is 1.97. The van der Waals surface area contributed by atoms with Crippen LogP contribution in [0.4, 0.5) is 13.2 Å². The number of carbonyl (C=O) groups is 2. The van der Waals surface area contributed by atoms with E-state index in [4.69, 9.17) is 15.6 Å². The summed E-state index contributed by atoms with van der Waals surface area (Å²) < 4.78 is 31.7. The number of carbonyl (C=O) groups excluding carboxylic acids is 1. The summed E-state index contributed by atoms with van der Waals surface area (Å²) in [5, 5.41) is 14.6. The number of carboxylic acid groups (broad SMARTS) is 1. The summed E-state index contributed by atoms with van der Waals surface area (Å²) in [5.74, 6) is -3.18. The molecule has 0 aliphatic heterocycles. The maximum Gasteiger partial charge on any atom is 0.490 e. The average molecular weight is 275 g/mol. The van der Waals surface area contributed by atoms with Crippen LogP contribution in [0.5, 0.6) is 0 Å². The quantitative estimate of drug-likeness (QED) is 0.728. The van der Waals surface area contributed by atoms with Crippen LogP contribution in [0, 0.1) is 0 Å². The van der Waals surface area contributed by atoms with Gasteiger partial charge in [0, 0.05) is 10.9 Å². The SMILES string of the molecule is NC(=O)c1ccc2[nH]ncc2c1.O=C(O)C(F)(F)F. The number of aliphatic carboxylic acids is 1. The zero-order valence-electron chi connectivity index (χ0n) is 9.23. The van der Waals surface area contributed by atoms with Crippen LogP contribution in [-0.2, 0) is 4.79 Å². The molecule has 0 aliphatic carbocycles. The third kappa shape index (κ3) is 3.98. The van der Waals surface area contributed by atoms with E-state index in [9.17, 15) is 18.0 Å². The fourth-order valence-electron chi connectivity index (χ4n) is 1.10. The second kappa shape index (κ2) is 5.38. The molecule has 0 atom stereocenters. The first-order valence-electron chi connectivity index (χ1n) is 4.75. The van der Waals surface area contributed by atoms with Crippen molar-refractivity contribution in [3.05, 3.63) is 30.0 Å². The molecule has 0 spiro atoms. The molecule has 0 aliphatic rings. The molecular weight excluding hydrogens is 267 g/mol. The first-order valence-corrected chi connectivity index (χ1v) is 4.75. The molecule has 1 aromatic heterocycles. The summed E-state index contributed by atoms with van der Waals surface area (Å²) in [5.41, 5.74) is 6.51. The lowest BCUT2D eigenvalue weighted by molar-refractivity contribution is -0.192. The number of nitrogens with one attached hydrogen (secondary N) is 1. The van der Waals surface area contributed by atoms with Gasteiger partial charge in [-0.2, -0.15) is 18.3 Å². The Bertz CT molecular complexity index is 607. The van der Waals surface area contributed by atoms with Crippen molar-refractivity contribution in [2.75, 3.05) is 0 Å². The van der Waals surface area contributed by atoms with Crippen molar-refractivity contribution in [2.24, 2.45) is 5.73 Å². The van der Waals surface area contributed by atoms with Gasteiger partial charge < -0.3 is 10.8 Å². The molecule has 0 bridgehead atoms. The minimum atomic E-state index is -5.08. The number of alkyl halides is 3. The number of hydrogen-bond acceptors (Lipinski definition) is 3. The normalized spacial score (nSPS) is 10.7. The predicted molar refractivity (Wildman–Crippen MR) is 58.3 cm³/mol. The molecule has 0 radical (unpaired) electrons. The topological polar surface area (TPSA) is 109 Å². The Balaban J connectivity index is 0.000000224. The molecule has 1 heterocycles. The van der Waals surface area contributed by atoms with Gasteiger partial charge in [-0.25, -0.2) is 4.79 Å². The largest absolute Gasteiger partial charge is 0.490 e. The van der Waals surface area contributed by atoms with Gasteiger partial charge in [-0.15, -0.1) is 0 Å². The number of H-pyrrole nitrogens is 1. The fraction of sp³-hybridized carbons (Fsp3) is 0.100. The van der Waals surface area contributed by atoms with Gasteiger partial charge in [0.15, 0.2) is 0 Å². The van der Waals surface area contributed by atoms with Crippen molar-refractivity contribution in [3.8, 4) is 0 Å². The minimum absolute atomic E-state index is 0.418. The van der Waals surface area contributed by atoms with E-state index < -0.39 is 18.1 Å². The molecule has 9 heteroatoms. The summed E-state index contributed by atoms with van der Waals surface area (Å²) in [6.45, 7) is 0. The lowest BCUT2D eigenvalue weighted by atomic mass is 10.1. The summed E-state index contributed by atoms with van der Waals surface area (Å²) >= 11 is 0. The van der Waals surface area contributed by atoms with Crippen LogP contribution in [0.2, 0.25) is 0 Å². The van der Waals surface area contributed by atoms with Crippen molar-refractivity contribution in [2.45, 2.75) is 6.18 Å². The van der Waals surface area contributed by atoms with Gasteiger partial charge in [-0.3, -0.25) is 9.89 Å². The van der Waals surface area contributed by atoms with Crippen LogP contribution in [0.3, 0.4) is 0 Å². The van der Waals surface area contributed by atoms with Gasteiger partial charge in [-0.1, -0.05) is 0 Å². The molecule has 2 aromatic rings. The van der Waals surface area contributed by atoms with Gasteiger partial charge in [0.1, 0.15) is 0 Å². The highest BCUT2D eigenvalue weighted by Gasteiger charge is 2.38. The Morgan fingerprint density at radius 1 is 1.32 bits per heavy atom. The smallest absolute Gasteiger partial charge is 0.475 e. The van der Waals surface area contributed by atoms with Crippen LogP contribution < -0.4 is 5.73 Å². The number of primary amides is 1. The summed E-state index contributed by atoms with van der Waals surface area (Å²) in [6, 6.07) is 5.16. The van der Waals surface area contributed by atoms with E-state index in [2.05, 4.69) is 10.2 Å². The number of nitrogens with two attached hydrogens (primary N) is 1. The predicted octanol–water partition coefficient (Wildman–Crippen LogP) is 1.30. The maximum absolute atomic E-state index is 10.8. The number of rotatable bonds is 1. The fourth-order valence-corrected chi connectivity index (χ4v) is 1.10. The monoisotopic (exact) mass is 275 g/mol. The van der Waals surface area contributed by atoms with E-state index in [0.717, 1.165) is 10.9 Å². The highest BCUT2D eigenvalue weighted by molar-refractivity contribution is 5.96. The number of fused-ring (bicyclic) bond motifs is 1. The van der Waals surface area contributed by atoms with Gasteiger partial charge >= 0.3 is 12.1 Å². The van der Waals surface area contributed by atoms with Gasteiger partial charge in [0.25, 0.3) is 0 Å². The van der Waals surface area contributed by atoms with Crippen LogP contribution >= 0.6 is 0 Å². The molecule has 0 unspecified atom stereocenters. The van der Waals surface area contributed by atoms with Gasteiger partial charge in [0.2, 0.25) is 5.91 Å². The number of nitrogens with zero attached hydrogens (tertiary/aromatic N) is 1. The lowest BCUT2D eigenvalue weighted by Gasteiger charge is -1.93. The van der Waals surface area contributed by atoms with Crippen molar-refractivity contribution in [1.82, 2.24) is 10.2 Å². The molecule has 0 saturated carbocycles. The molecule has 6 nitrogen and oxygen atoms in total. The zero-order valence-corrected chi connectivity index (χ0v) is 9.23. The van der Waals surface area contributed by atoms with Crippen molar-refractivity contribution in [1.29, 1.82) is 0 Å². The number of amides is 1. The standard InChI is InChI=1S/C8H7N3O.C2HF3O2/c9-8(12)5-1-2-7-6(3-5)4-10-11-7;3-2(4,5)1(6)7/h1-4H,(H2,9,12)(H,10,11);(H,6,7). The number of halogens is 3. The van der Waals surface area contributed by atoms with E-state index in [1.165, 1.54) is 0 Å². The molecule has 0 fully saturated rings. The molecule has 102 valence electrons. The Labute approximate surface area is 104 Å². The van der Waals surface area contributed by atoms with E-state index >= 15 is 0 Å². The second-order valence-corrected chi connectivity index (χ2v) is 3.34. The number of benzene rings is 1. The molecule has 2 rings (SSSR count). The minimum Gasteiger partial charge on any atom is -0.475 e. The Kier molecular flexibility index (Phi) is 4.10. The van der Waals surface area contributed by atoms with E-state index in [1.54, 1.807) is 24.4 Å². The third-order valence-corrected chi connectivity index (χ3v) is 1.97. The molecule has 4 N–H and O–H groups in total. The van der Waals surface area contributed by atoms with Crippen molar-refractivity contribution in [3.63, 3.8) is 0 Å². The number of aromatic amines is 1. The van der Waals surface area contributed by atoms with Crippen molar-refractivity contribution < 1.29 is 27.9 Å². The highest BCUT2D eigenvalue weighted by atomic mass is 19.4. The average Bonchev–Trinajstić information content (AvgIpc) is 2.74. The Morgan fingerprint density at radius 3 is 2.37 bits per heavy atom. The maximum atomic E-state index is 10.8. The Hall–Kier alpha value is -2.58. The first kappa shape index (κ1) is 14.5. The number of hydrogen-bond donors (Lipinski definition) is 3. The van der Waals surface area contributed by atoms with Crippen LogP contribution in [0.1, 0.15) is 10.4 Å². The van der Waals surface area contributed by atoms with E-state index in [-0.39, 0.29) is 0 Å². The lowest BCUT2D eigenvalue weighted by Crippen LogP contribution is -2.21. The number of aromatic nitrogens is 2. The summed E-state index contributed by atoms with van der Waals surface area (Å²) in [7, 11) is 0. The molecule has 1 amide bonds. The van der Waals surface area contributed by atoms with Crippen LogP contribution in [-0.4, -0.2) is 33.4 Å². The highest BCUT2D eigenvalue weighted by Crippen LogP contribution is 2.13. The first-order chi connectivity index (χ1) is 8.71. The molecule has 0 saturated heterocycles. The summed E-state index contributed by atoms with van der Waals surface area (Å²) in [6.07, 6.45) is -3.43. The second-order valence-electron chi connectivity index (χ2n) is 3.34. The summed E-state index contributed by atoms with van der Waals surface area (Å²) in [4.78, 5) is 19.7. The molecular formula is C10H8F3N3O3.